The zero-order valence-corrected chi connectivity index (χ0v) is 6.83. The monoisotopic (exact) mass is 170 g/mol. The van der Waals surface area contributed by atoms with Crippen molar-refractivity contribution in [3.63, 3.8) is 0 Å². The Morgan fingerprint density at radius 1 is 0.846 bits per heavy atom. The lowest BCUT2D eigenvalue weighted by atomic mass is 9.92. The summed E-state index contributed by atoms with van der Waals surface area (Å²) in [6.45, 7) is 0. The molecule has 2 nitrogen and oxygen atoms in total. The van der Waals surface area contributed by atoms with Gasteiger partial charge in [0.2, 0.25) is 0 Å². The molecule has 0 spiro atoms. The molecule has 3 rings (SSSR count). The number of hydrogen-bond acceptors (Lipinski definition) is 2. The minimum Gasteiger partial charge on any atom is -0.289 e. The van der Waals surface area contributed by atoms with Gasteiger partial charge in [0.05, 0.1) is 0 Å². The van der Waals surface area contributed by atoms with E-state index >= 15 is 0 Å². The highest BCUT2D eigenvalue weighted by atomic mass is 16.1. The van der Waals surface area contributed by atoms with Gasteiger partial charge in [-0.1, -0.05) is 12.2 Å². The molecule has 62 valence electrons. The van der Waals surface area contributed by atoms with E-state index in [0.29, 0.717) is 11.1 Å². The van der Waals surface area contributed by atoms with E-state index < -0.39 is 0 Å². The smallest absolute Gasteiger partial charge is 0.187 e. The van der Waals surface area contributed by atoms with Crippen LogP contribution in [0.5, 0.6) is 0 Å². The van der Waals surface area contributed by atoms with Crippen LogP contribution >= 0.6 is 0 Å². The Morgan fingerprint density at radius 2 is 1.31 bits per heavy atom. The van der Waals surface area contributed by atoms with Crippen LogP contribution in [0.4, 0.5) is 0 Å². The van der Waals surface area contributed by atoms with E-state index in [4.69, 9.17) is 0 Å². The van der Waals surface area contributed by atoms with E-state index in [-0.39, 0.29) is 11.6 Å². The van der Waals surface area contributed by atoms with Crippen molar-refractivity contribution >= 4 is 11.6 Å². The molecule has 0 N–H and O–H groups in total. The van der Waals surface area contributed by atoms with Crippen molar-refractivity contribution in [1.29, 1.82) is 0 Å². The zero-order chi connectivity index (χ0) is 9.00. The highest BCUT2D eigenvalue weighted by molar-refractivity contribution is 6.25. The second kappa shape index (κ2) is 1.96. The average molecular weight is 170 g/mol. The van der Waals surface area contributed by atoms with E-state index in [1.54, 1.807) is 0 Å². The lowest BCUT2D eigenvalue weighted by Gasteiger charge is -2.09. The van der Waals surface area contributed by atoms with Crippen molar-refractivity contribution in [2.75, 3.05) is 0 Å². The lowest BCUT2D eigenvalue weighted by molar-refractivity contribution is -0.114. The summed E-state index contributed by atoms with van der Waals surface area (Å²) in [5.41, 5.74) is 3.30. The van der Waals surface area contributed by atoms with E-state index in [1.165, 1.54) is 12.2 Å². The molecule has 0 saturated heterocycles. The minimum absolute atomic E-state index is 0.0241. The topological polar surface area (TPSA) is 34.1 Å². The molecule has 0 saturated carbocycles. The standard InChI is InChI=1S/C11H6O2/c12-8-3-4-9(13)11-7-2-1-6(5-7)10(8)11/h1-4H,5H2. The van der Waals surface area contributed by atoms with Crippen molar-refractivity contribution in [3.8, 4) is 0 Å². The first-order valence-electron chi connectivity index (χ1n) is 4.19. The van der Waals surface area contributed by atoms with Gasteiger partial charge in [-0.25, -0.2) is 0 Å². The second-order valence-electron chi connectivity index (χ2n) is 3.37. The van der Waals surface area contributed by atoms with Gasteiger partial charge in [-0.15, -0.1) is 0 Å². The van der Waals surface area contributed by atoms with Crippen LogP contribution in [0.2, 0.25) is 0 Å². The van der Waals surface area contributed by atoms with Crippen LogP contribution < -0.4 is 0 Å². The molecule has 3 aliphatic rings. The summed E-state index contributed by atoms with van der Waals surface area (Å²) in [6.07, 6.45) is 7.35. The highest BCUT2D eigenvalue weighted by Crippen LogP contribution is 2.42. The molecule has 0 aromatic heterocycles. The average Bonchev–Trinajstić information content (AvgIpc) is 2.70. The maximum Gasteiger partial charge on any atom is 0.187 e. The van der Waals surface area contributed by atoms with Gasteiger partial charge in [-0.3, -0.25) is 9.59 Å². The number of allylic oxidation sites excluding steroid dienone is 8. The van der Waals surface area contributed by atoms with Gasteiger partial charge >= 0.3 is 0 Å². The van der Waals surface area contributed by atoms with Crippen molar-refractivity contribution < 1.29 is 9.59 Å². The summed E-state index contributed by atoms with van der Waals surface area (Å²) in [7, 11) is 0. The molecule has 0 atom stereocenters. The van der Waals surface area contributed by atoms with Crippen molar-refractivity contribution in [2.45, 2.75) is 6.42 Å². The predicted molar refractivity (Wildman–Crippen MR) is 47.0 cm³/mol. The lowest BCUT2D eigenvalue weighted by Crippen LogP contribution is -2.12. The summed E-state index contributed by atoms with van der Waals surface area (Å²) >= 11 is 0. The number of carbonyl (C=O) groups excluding carboxylic acids is 2. The molecule has 0 amide bonds. The van der Waals surface area contributed by atoms with Crippen LogP contribution in [0, 0.1) is 0 Å². The molecule has 0 unspecified atom stereocenters. The second-order valence-corrected chi connectivity index (χ2v) is 3.37. The van der Waals surface area contributed by atoms with Crippen LogP contribution in [0.15, 0.2) is 46.6 Å². The van der Waals surface area contributed by atoms with Gasteiger partial charge in [-0.05, 0) is 29.7 Å². The molecule has 0 aromatic carbocycles. The highest BCUT2D eigenvalue weighted by Gasteiger charge is 2.35. The Morgan fingerprint density at radius 3 is 1.77 bits per heavy atom. The third kappa shape index (κ3) is 0.680. The molecule has 0 aliphatic heterocycles. The van der Waals surface area contributed by atoms with Crippen molar-refractivity contribution in [2.24, 2.45) is 0 Å². The Bertz CT molecular complexity index is 428. The fourth-order valence-electron chi connectivity index (χ4n) is 2.07. The fourth-order valence-corrected chi connectivity index (χ4v) is 2.07. The summed E-state index contributed by atoms with van der Waals surface area (Å²) < 4.78 is 0. The van der Waals surface area contributed by atoms with E-state index in [0.717, 1.165) is 17.6 Å². The SMILES string of the molecule is O=C1C=CC(=O)C2=C1C1=CC=C2C1. The fraction of sp³-hybridized carbons (Fsp3) is 0.0909. The van der Waals surface area contributed by atoms with Gasteiger partial charge in [0.1, 0.15) is 0 Å². The van der Waals surface area contributed by atoms with Gasteiger partial charge < -0.3 is 0 Å². The number of carbonyl (C=O) groups is 2. The van der Waals surface area contributed by atoms with E-state index in [2.05, 4.69) is 0 Å². The largest absolute Gasteiger partial charge is 0.289 e. The first-order valence-corrected chi connectivity index (χ1v) is 4.19. The first-order chi connectivity index (χ1) is 6.27. The molecule has 2 bridgehead atoms. The predicted octanol–water partition coefficient (Wildman–Crippen LogP) is 1.26. The van der Waals surface area contributed by atoms with Crippen LogP contribution in [-0.2, 0) is 9.59 Å². The number of fused-ring (bicyclic) bond motifs is 4. The van der Waals surface area contributed by atoms with E-state index in [9.17, 15) is 9.59 Å². The third-order valence-corrected chi connectivity index (χ3v) is 2.64. The van der Waals surface area contributed by atoms with Gasteiger partial charge in [-0.2, -0.15) is 0 Å². The van der Waals surface area contributed by atoms with Crippen LogP contribution in [0.25, 0.3) is 0 Å². The van der Waals surface area contributed by atoms with E-state index in [1.807, 2.05) is 12.2 Å². The quantitative estimate of drug-likeness (QED) is 0.513. The molecule has 0 heterocycles. The van der Waals surface area contributed by atoms with Gasteiger partial charge in [0, 0.05) is 11.1 Å². The number of rotatable bonds is 0. The summed E-state index contributed by atoms with van der Waals surface area (Å²) in [5.74, 6) is -0.0482. The molecule has 13 heavy (non-hydrogen) atoms. The molecule has 3 aliphatic carbocycles. The van der Waals surface area contributed by atoms with Gasteiger partial charge in [0.15, 0.2) is 11.6 Å². The molecule has 2 heteroatoms. The van der Waals surface area contributed by atoms with Gasteiger partial charge in [0.25, 0.3) is 0 Å². The normalized spacial score (nSPS) is 23.7. The van der Waals surface area contributed by atoms with Crippen molar-refractivity contribution in [3.05, 3.63) is 46.6 Å². The summed E-state index contributed by atoms with van der Waals surface area (Å²) in [6, 6.07) is 0. The molecular weight excluding hydrogens is 164 g/mol. The zero-order valence-electron chi connectivity index (χ0n) is 6.83. The summed E-state index contributed by atoms with van der Waals surface area (Å²) in [5, 5.41) is 0. The maximum absolute atomic E-state index is 11.4. The Balaban J connectivity index is 2.30. The van der Waals surface area contributed by atoms with Crippen molar-refractivity contribution in [1.82, 2.24) is 0 Å². The maximum atomic E-state index is 11.4. The molecular formula is C11H6O2. The number of hydrogen-bond donors (Lipinski definition) is 0. The Labute approximate surface area is 74.9 Å². The Hall–Kier alpha value is -1.70. The molecule has 0 fully saturated rings. The Kier molecular flexibility index (Phi) is 1.02. The van der Waals surface area contributed by atoms with Crippen LogP contribution in [0.3, 0.4) is 0 Å². The van der Waals surface area contributed by atoms with Crippen LogP contribution in [-0.4, -0.2) is 11.6 Å². The first kappa shape index (κ1) is 6.78. The molecule has 0 radical (unpaired) electrons. The minimum atomic E-state index is -0.0241. The molecule has 0 aromatic rings. The summed E-state index contributed by atoms with van der Waals surface area (Å²) in [4.78, 5) is 22.9. The number of ketones is 2. The third-order valence-electron chi connectivity index (χ3n) is 2.64. The van der Waals surface area contributed by atoms with Crippen LogP contribution in [0.1, 0.15) is 6.42 Å².